The summed E-state index contributed by atoms with van der Waals surface area (Å²) in [6.45, 7) is 11.9. The van der Waals surface area contributed by atoms with E-state index in [1.54, 1.807) is 12.1 Å². The standard InChI is InChI=1S/C29H38FN5O3.2ClH/c1-19-13-33(24(12-31-19)15-34-14-20(2)38-17-27(34)37)16-26(36)35-18-29(3,4)28-25(35)10-22(11-32-28)9-21-5-7-23(30)8-6-21;;/h5-8,10-11,19-20,24,31H,9,12-18H2,1-4H3;2*1H/t19-,20-,24-;;/m1../s1. The lowest BCUT2D eigenvalue weighted by molar-refractivity contribution is -0.149. The molecule has 1 N–H and O–H groups in total. The summed E-state index contributed by atoms with van der Waals surface area (Å²) in [6, 6.07) is 8.84. The van der Waals surface area contributed by atoms with E-state index in [0.717, 1.165) is 35.6 Å². The number of anilines is 1. The van der Waals surface area contributed by atoms with Gasteiger partial charge in [-0.15, -0.1) is 24.8 Å². The molecule has 1 aromatic carbocycles. The van der Waals surface area contributed by atoms with E-state index < -0.39 is 0 Å². The van der Waals surface area contributed by atoms with Crippen LogP contribution in [0.1, 0.15) is 44.5 Å². The van der Waals surface area contributed by atoms with Gasteiger partial charge in [-0.3, -0.25) is 19.5 Å². The van der Waals surface area contributed by atoms with E-state index in [2.05, 4.69) is 37.1 Å². The van der Waals surface area contributed by atoms with Gasteiger partial charge >= 0.3 is 0 Å². The molecular formula is C29H40Cl2FN5O3. The normalized spacial score (nSPS) is 24.2. The molecule has 3 aliphatic heterocycles. The summed E-state index contributed by atoms with van der Waals surface area (Å²) < 4.78 is 18.8. The van der Waals surface area contributed by atoms with Crippen LogP contribution < -0.4 is 10.2 Å². The van der Waals surface area contributed by atoms with E-state index in [4.69, 9.17) is 9.72 Å². The van der Waals surface area contributed by atoms with E-state index in [1.807, 2.05) is 22.9 Å². The van der Waals surface area contributed by atoms with Crippen molar-refractivity contribution in [1.29, 1.82) is 0 Å². The molecule has 2 saturated heterocycles. The maximum Gasteiger partial charge on any atom is 0.248 e. The first-order chi connectivity index (χ1) is 18.1. The molecule has 1 aromatic heterocycles. The summed E-state index contributed by atoms with van der Waals surface area (Å²) in [5.74, 6) is -0.214. The first-order valence-electron chi connectivity index (χ1n) is 13.5. The largest absolute Gasteiger partial charge is 0.367 e. The SMILES string of the molecule is C[C@@H]1CN(CC(=O)N2CC(C)(C)c3ncc(Cc4ccc(F)cc4)cc32)[C@@H](CN2C[C@@H](C)OCC2=O)CN1.Cl.Cl. The van der Waals surface area contributed by atoms with Crippen molar-refractivity contribution in [2.24, 2.45) is 0 Å². The molecule has 0 bridgehead atoms. The number of nitrogens with zero attached hydrogens (tertiary/aromatic N) is 4. The zero-order chi connectivity index (χ0) is 27.0. The summed E-state index contributed by atoms with van der Waals surface area (Å²) in [4.78, 5) is 37.0. The fourth-order valence-electron chi connectivity index (χ4n) is 5.80. The van der Waals surface area contributed by atoms with Crippen molar-refractivity contribution in [3.8, 4) is 0 Å². The van der Waals surface area contributed by atoms with Crippen LogP contribution in [-0.2, 0) is 26.2 Å². The Balaban J connectivity index is 0.00000220. The van der Waals surface area contributed by atoms with Crippen LogP contribution in [-0.4, -0.2) is 90.7 Å². The summed E-state index contributed by atoms with van der Waals surface area (Å²) in [5.41, 5.74) is 3.50. The molecule has 2 fully saturated rings. The van der Waals surface area contributed by atoms with Crippen molar-refractivity contribution >= 4 is 42.3 Å². The molecule has 220 valence electrons. The summed E-state index contributed by atoms with van der Waals surface area (Å²) in [6.07, 6.45) is 2.50. The van der Waals surface area contributed by atoms with E-state index >= 15 is 0 Å². The third-order valence-electron chi connectivity index (χ3n) is 7.85. The third-order valence-corrected chi connectivity index (χ3v) is 7.85. The number of halogens is 3. The smallest absolute Gasteiger partial charge is 0.248 e. The summed E-state index contributed by atoms with van der Waals surface area (Å²) in [5, 5.41) is 3.51. The molecule has 3 aliphatic rings. The summed E-state index contributed by atoms with van der Waals surface area (Å²) >= 11 is 0. The number of morpholine rings is 1. The number of nitrogens with one attached hydrogen (secondary N) is 1. The number of hydrogen-bond acceptors (Lipinski definition) is 6. The second-order valence-corrected chi connectivity index (χ2v) is 11.7. The van der Waals surface area contributed by atoms with Gasteiger partial charge in [-0.05, 0) is 49.6 Å². The van der Waals surface area contributed by atoms with Gasteiger partial charge in [0.1, 0.15) is 12.4 Å². The monoisotopic (exact) mass is 595 g/mol. The first kappa shape index (κ1) is 32.2. The molecule has 40 heavy (non-hydrogen) atoms. The Morgan fingerprint density at radius 2 is 1.88 bits per heavy atom. The Hall–Kier alpha value is -2.30. The van der Waals surface area contributed by atoms with Crippen LogP contribution in [0, 0.1) is 5.82 Å². The van der Waals surface area contributed by atoms with Gasteiger partial charge in [-0.2, -0.15) is 0 Å². The molecule has 2 aromatic rings. The number of aromatic nitrogens is 1. The predicted octanol–water partition coefficient (Wildman–Crippen LogP) is 3.19. The topological polar surface area (TPSA) is 78.0 Å². The maximum absolute atomic E-state index is 13.8. The van der Waals surface area contributed by atoms with E-state index in [1.165, 1.54) is 12.1 Å². The quantitative estimate of drug-likeness (QED) is 0.552. The minimum Gasteiger partial charge on any atom is -0.367 e. The third kappa shape index (κ3) is 7.12. The molecular weight excluding hydrogens is 556 g/mol. The second kappa shape index (κ2) is 13.1. The molecule has 0 spiro atoms. The van der Waals surface area contributed by atoms with Gasteiger partial charge in [0.05, 0.1) is 24.0 Å². The zero-order valence-electron chi connectivity index (χ0n) is 23.6. The van der Waals surface area contributed by atoms with E-state index in [0.29, 0.717) is 26.1 Å². The number of piperazine rings is 1. The lowest BCUT2D eigenvalue weighted by Gasteiger charge is -2.42. The van der Waals surface area contributed by atoms with Crippen LogP contribution in [0.4, 0.5) is 10.1 Å². The highest BCUT2D eigenvalue weighted by Crippen LogP contribution is 2.39. The highest BCUT2D eigenvalue weighted by molar-refractivity contribution is 5.97. The zero-order valence-corrected chi connectivity index (χ0v) is 25.2. The lowest BCUT2D eigenvalue weighted by atomic mass is 9.91. The summed E-state index contributed by atoms with van der Waals surface area (Å²) in [7, 11) is 0. The Morgan fingerprint density at radius 3 is 2.60 bits per heavy atom. The highest BCUT2D eigenvalue weighted by atomic mass is 35.5. The number of rotatable bonds is 6. The Labute approximate surface area is 248 Å². The molecule has 5 rings (SSSR count). The maximum atomic E-state index is 13.8. The van der Waals surface area contributed by atoms with Crippen LogP contribution >= 0.6 is 24.8 Å². The fourth-order valence-corrected chi connectivity index (χ4v) is 5.80. The predicted molar refractivity (Wildman–Crippen MR) is 158 cm³/mol. The Kier molecular flexibility index (Phi) is 10.6. The van der Waals surface area contributed by atoms with Crippen molar-refractivity contribution in [1.82, 2.24) is 20.1 Å². The van der Waals surface area contributed by atoms with Crippen molar-refractivity contribution in [3.05, 3.63) is 59.2 Å². The average molecular weight is 597 g/mol. The number of fused-ring (bicyclic) bond motifs is 1. The van der Waals surface area contributed by atoms with E-state index in [-0.39, 0.29) is 79.2 Å². The molecule has 0 unspecified atom stereocenters. The van der Waals surface area contributed by atoms with Gasteiger partial charge in [-0.25, -0.2) is 4.39 Å². The van der Waals surface area contributed by atoms with Gasteiger partial charge in [0.2, 0.25) is 11.8 Å². The van der Waals surface area contributed by atoms with Crippen molar-refractivity contribution < 1.29 is 18.7 Å². The van der Waals surface area contributed by atoms with Gasteiger partial charge in [0, 0.05) is 56.4 Å². The lowest BCUT2D eigenvalue weighted by Crippen LogP contribution is -2.62. The average Bonchev–Trinajstić information content (AvgIpc) is 3.14. The molecule has 4 heterocycles. The van der Waals surface area contributed by atoms with Crippen molar-refractivity contribution in [3.63, 3.8) is 0 Å². The molecule has 8 nitrogen and oxygen atoms in total. The van der Waals surface area contributed by atoms with Gasteiger partial charge in [0.15, 0.2) is 0 Å². The van der Waals surface area contributed by atoms with Crippen LogP contribution in [0.5, 0.6) is 0 Å². The molecule has 3 atom stereocenters. The van der Waals surface area contributed by atoms with Crippen LogP contribution in [0.3, 0.4) is 0 Å². The number of carbonyl (C=O) groups is 2. The molecule has 0 radical (unpaired) electrons. The highest BCUT2D eigenvalue weighted by Gasteiger charge is 2.41. The minimum absolute atomic E-state index is 0. The molecule has 2 amide bonds. The Bertz CT molecular complexity index is 1200. The second-order valence-electron chi connectivity index (χ2n) is 11.7. The van der Waals surface area contributed by atoms with Crippen molar-refractivity contribution in [2.45, 2.75) is 57.7 Å². The number of carbonyl (C=O) groups excluding carboxylic acids is 2. The number of ether oxygens (including phenoxy) is 1. The molecule has 0 saturated carbocycles. The van der Waals surface area contributed by atoms with Crippen LogP contribution in [0.2, 0.25) is 0 Å². The van der Waals surface area contributed by atoms with E-state index in [9.17, 15) is 14.0 Å². The fraction of sp³-hybridized carbons (Fsp3) is 0.552. The van der Waals surface area contributed by atoms with Crippen LogP contribution in [0.25, 0.3) is 0 Å². The number of amides is 2. The molecule has 11 heteroatoms. The van der Waals surface area contributed by atoms with Gasteiger partial charge in [-0.1, -0.05) is 26.0 Å². The molecule has 0 aliphatic carbocycles. The number of benzene rings is 1. The van der Waals surface area contributed by atoms with Gasteiger partial charge in [0.25, 0.3) is 0 Å². The number of pyridine rings is 1. The minimum atomic E-state index is -0.258. The van der Waals surface area contributed by atoms with Crippen molar-refractivity contribution in [2.75, 3.05) is 50.8 Å². The first-order valence-corrected chi connectivity index (χ1v) is 13.5. The van der Waals surface area contributed by atoms with Gasteiger partial charge < -0.3 is 19.9 Å². The number of hydrogen-bond donors (Lipinski definition) is 1. The van der Waals surface area contributed by atoms with Crippen LogP contribution in [0.15, 0.2) is 36.5 Å². The Morgan fingerprint density at radius 1 is 1.15 bits per heavy atom.